The number of hydrogen-bond acceptors (Lipinski definition) is 0. The van der Waals surface area contributed by atoms with E-state index in [-0.39, 0.29) is 37.2 Å². The Hall–Kier alpha value is 0.501. The minimum Gasteiger partial charge on any atom is -1.00 e. The summed E-state index contributed by atoms with van der Waals surface area (Å²) >= 11 is 2.30. The summed E-state index contributed by atoms with van der Waals surface area (Å²) in [5.74, 6) is 0. The van der Waals surface area contributed by atoms with Gasteiger partial charge in [-0.15, -0.1) is 0 Å². The Labute approximate surface area is 179 Å². The Balaban J connectivity index is 0. The number of benzene rings is 1. The van der Waals surface area contributed by atoms with Gasteiger partial charge < -0.3 is 37.2 Å². The van der Waals surface area contributed by atoms with Crippen molar-refractivity contribution in [2.75, 3.05) is 0 Å². The van der Waals surface area contributed by atoms with Crippen LogP contribution in [0.4, 0.5) is 0 Å². The molecule has 0 amide bonds. The first-order valence-electron chi connectivity index (χ1n) is 8.09. The van der Waals surface area contributed by atoms with E-state index in [1.54, 1.807) is 19.8 Å². The Bertz CT molecular complexity index is 590. The molecule has 1 aromatic carbocycles. The number of hydrogen-bond donors (Lipinski definition) is 0. The van der Waals surface area contributed by atoms with Crippen molar-refractivity contribution < 1.29 is 57.7 Å². The van der Waals surface area contributed by atoms with Crippen LogP contribution in [0.2, 0.25) is 12.6 Å². The third-order valence-corrected chi connectivity index (χ3v) is 10.4. The van der Waals surface area contributed by atoms with Crippen molar-refractivity contribution >= 4 is 13.3 Å². The molecule has 0 N–H and O–H groups in total. The molecule has 1 atom stereocenters. The molecular weight excluding hydrogens is 411 g/mol. The van der Waals surface area contributed by atoms with Gasteiger partial charge in [-0.2, -0.15) is 0 Å². The van der Waals surface area contributed by atoms with E-state index in [1.165, 1.54) is 36.4 Å². The normalized spacial score (nSPS) is 15.7. The average Bonchev–Trinajstić information content (AvgIpc) is 2.76. The number of rotatable bonds is 5. The van der Waals surface area contributed by atoms with Crippen LogP contribution < -0.4 is 42.4 Å². The van der Waals surface area contributed by atoms with Gasteiger partial charge in [0.2, 0.25) is 0 Å². The van der Waals surface area contributed by atoms with Crippen molar-refractivity contribution in [2.24, 2.45) is 0 Å². The van der Waals surface area contributed by atoms with E-state index in [0.29, 0.717) is 0 Å². The molecule has 0 saturated heterocycles. The molecule has 0 radical (unpaired) electrons. The van der Waals surface area contributed by atoms with E-state index < -0.39 is 8.07 Å². The van der Waals surface area contributed by atoms with Gasteiger partial charge in [0, 0.05) is 0 Å². The molecule has 0 bridgehead atoms. The van der Waals surface area contributed by atoms with Crippen molar-refractivity contribution in [3.63, 3.8) is 0 Å². The Kier molecular flexibility index (Phi) is 12.5. The molecule has 1 aliphatic carbocycles. The van der Waals surface area contributed by atoms with Gasteiger partial charge in [0.15, 0.2) is 0 Å². The first kappa shape index (κ1) is 26.7. The summed E-state index contributed by atoms with van der Waals surface area (Å²) in [6, 6.07) is 8.59. The monoisotopic (exact) mass is 436 g/mol. The summed E-state index contributed by atoms with van der Waals surface area (Å²) in [6.07, 6.45) is 6.34. The smallest absolute Gasteiger partial charge is 1.00 e. The number of allylic oxidation sites excluding steroid dienone is 4. The van der Waals surface area contributed by atoms with Gasteiger partial charge in [0.25, 0.3) is 0 Å². The maximum atomic E-state index is 2.59. The van der Waals surface area contributed by atoms with Crippen LogP contribution >= 0.6 is 0 Å². The predicted molar refractivity (Wildman–Crippen MR) is 92.3 cm³/mol. The molecule has 5 heteroatoms. The van der Waals surface area contributed by atoms with Crippen LogP contribution in [0.25, 0.3) is 0 Å². The van der Waals surface area contributed by atoms with Crippen LogP contribution in [0, 0.1) is 13.8 Å². The third kappa shape index (κ3) is 5.76. The summed E-state index contributed by atoms with van der Waals surface area (Å²) in [5, 5.41) is 3.34. The number of aryl methyl sites for hydroxylation is 2. The van der Waals surface area contributed by atoms with Crippen LogP contribution in [-0.4, -0.2) is 8.07 Å². The van der Waals surface area contributed by atoms with Crippen molar-refractivity contribution in [2.45, 2.75) is 59.5 Å². The second kappa shape index (κ2) is 11.3. The largest absolute Gasteiger partial charge is 1.00 e. The quantitative estimate of drug-likeness (QED) is 0.413. The van der Waals surface area contributed by atoms with Crippen LogP contribution in [0.5, 0.6) is 0 Å². The van der Waals surface area contributed by atoms with E-state index >= 15 is 0 Å². The zero-order chi connectivity index (χ0) is 15.6. The third-order valence-electron chi connectivity index (χ3n) is 4.85. The number of unbranched alkanes of at least 4 members (excludes halogenated alkanes) is 1. The summed E-state index contributed by atoms with van der Waals surface area (Å²) in [6.45, 7) is 11.7. The van der Waals surface area contributed by atoms with E-state index in [1.807, 2.05) is 0 Å². The van der Waals surface area contributed by atoms with Crippen LogP contribution in [0.1, 0.15) is 44.2 Å². The van der Waals surface area contributed by atoms with E-state index in [9.17, 15) is 0 Å². The van der Waals surface area contributed by atoms with Crippen molar-refractivity contribution in [3.8, 4) is 0 Å². The zero-order valence-electron chi connectivity index (χ0n) is 15.3. The first-order chi connectivity index (χ1) is 9.88. The minimum absolute atomic E-state index is 0. The summed E-state index contributed by atoms with van der Waals surface area (Å²) < 4.78 is 1.57. The van der Waals surface area contributed by atoms with Crippen LogP contribution in [0.15, 0.2) is 38.9 Å². The Morgan fingerprint density at radius 3 is 1.96 bits per heavy atom. The van der Waals surface area contributed by atoms with Crippen LogP contribution in [-0.2, 0) is 20.4 Å². The van der Waals surface area contributed by atoms with E-state index in [4.69, 9.17) is 0 Å². The molecule has 1 unspecified atom stereocenters. The topological polar surface area (TPSA) is 0 Å². The summed E-state index contributed by atoms with van der Waals surface area (Å²) in [4.78, 5) is 0. The van der Waals surface area contributed by atoms with E-state index in [2.05, 4.69) is 79.0 Å². The molecule has 0 saturated carbocycles. The second-order valence-corrected chi connectivity index (χ2v) is 12.0. The van der Waals surface area contributed by atoms with Gasteiger partial charge in [-0.25, -0.2) is 0 Å². The van der Waals surface area contributed by atoms with Gasteiger partial charge in [-0.3, -0.25) is 0 Å². The van der Waals surface area contributed by atoms with Gasteiger partial charge in [0.1, 0.15) is 0 Å². The fraction of sp³-hybridized carbons (Fsp3) is 0.474. The summed E-state index contributed by atoms with van der Waals surface area (Å²) in [7, 11) is -1.58. The van der Waals surface area contributed by atoms with Gasteiger partial charge in [-0.05, 0) is 0 Å². The zero-order valence-corrected chi connectivity index (χ0v) is 20.1. The summed E-state index contributed by atoms with van der Waals surface area (Å²) in [5.41, 5.74) is 4.41. The number of halogens is 3. The molecule has 0 aliphatic heterocycles. The molecule has 0 nitrogen and oxygen atoms in total. The molecule has 2 rings (SSSR count). The molecule has 24 heavy (non-hydrogen) atoms. The molecule has 1 aliphatic rings. The molecule has 132 valence electrons. The Morgan fingerprint density at radius 1 is 1.00 bits per heavy atom. The fourth-order valence-corrected chi connectivity index (χ4v) is 8.69. The Morgan fingerprint density at radius 2 is 1.54 bits per heavy atom. The molecule has 0 heterocycles. The minimum atomic E-state index is -1.58. The van der Waals surface area contributed by atoms with Crippen LogP contribution in [0.3, 0.4) is 0 Å². The maximum Gasteiger partial charge on any atom is -1.00 e. The van der Waals surface area contributed by atoms with Crippen molar-refractivity contribution in [1.82, 2.24) is 0 Å². The first-order valence-corrected chi connectivity index (χ1v) is 11.6. The van der Waals surface area contributed by atoms with Gasteiger partial charge in [0.05, 0.1) is 0 Å². The second-order valence-electron chi connectivity index (χ2n) is 6.74. The van der Waals surface area contributed by atoms with Crippen molar-refractivity contribution in [1.29, 1.82) is 0 Å². The molecule has 0 aromatic heterocycles. The molecule has 0 fully saturated rings. The fourth-order valence-electron chi connectivity index (χ4n) is 3.57. The van der Waals surface area contributed by atoms with Gasteiger partial charge in [-0.1, -0.05) is 0 Å². The standard InChI is InChI=1S/C19H27Si.3ClH.Ti/c1-6-7-11-20(5,19-10-8-9-17(19)4)18-13-15(2)12-16(3)14-18;;;;/h10,12-14H,6-8,11H2,1-5H3;3*1H;/q;;;;+3/p-3. The maximum absolute atomic E-state index is 2.59. The van der Waals surface area contributed by atoms with E-state index in [0.717, 1.165) is 0 Å². The van der Waals surface area contributed by atoms with Crippen molar-refractivity contribution in [3.05, 3.63) is 50.0 Å². The average molecular weight is 438 g/mol. The molecular formula is C19H27Cl3SiTi. The van der Waals surface area contributed by atoms with Gasteiger partial charge >= 0.3 is 143 Å². The molecule has 1 aromatic rings. The molecule has 0 spiro atoms. The SMILES string of the molecule is CCCC[Si](C)(C1=CC[C]([Ti+3])=C1C)c1cc(C)cc(C)c1.[Cl-].[Cl-].[Cl-]. The predicted octanol–water partition coefficient (Wildman–Crippen LogP) is -3.91.